The van der Waals surface area contributed by atoms with Gasteiger partial charge in [0.05, 0.1) is 34.7 Å². The number of hydrogen-bond acceptors (Lipinski definition) is 4. The van der Waals surface area contributed by atoms with Gasteiger partial charge in [-0.3, -0.25) is 9.98 Å². The van der Waals surface area contributed by atoms with Crippen LogP contribution in [0.1, 0.15) is 54.0 Å². The summed E-state index contributed by atoms with van der Waals surface area (Å²) in [4.78, 5) is 20.5. The first-order valence-electron chi connectivity index (χ1n) is 22.3. The molecule has 3 unspecified atom stereocenters. The molecule has 0 radical (unpaired) electrons. The number of allylic oxidation sites excluding steroid dienone is 5. The Balaban J connectivity index is 1.01. The van der Waals surface area contributed by atoms with Crippen molar-refractivity contribution < 1.29 is 0 Å². The van der Waals surface area contributed by atoms with Gasteiger partial charge in [0.1, 0.15) is 0 Å². The van der Waals surface area contributed by atoms with Crippen LogP contribution in [0.5, 0.6) is 0 Å². The van der Waals surface area contributed by atoms with E-state index < -0.39 is 0 Å². The standard InChI is InChI=1S/C60H46N4/c1-3-14-41-29-32-44-33-34-51(53-20-13-19-52(41)57(44)53)42-27-23-39(24-28-42)47-35-48(40-25-30-43(31-26-40)56-38-61-54-21-11-12-22-55(54)62-56)37-49(36-47)59-50(4-2)58(45-15-7-5-8-16-45)63-60(64-59)46-17-9-6-10-18-46/h3,5-34,36-38,48,50,58H,1,4,35H2,2H3/b41-14-. The zero-order chi connectivity index (χ0) is 43.0. The fraction of sp³-hybridized carbons (Fsp3) is 0.100. The lowest BCUT2D eigenvalue weighted by atomic mass is 9.77. The van der Waals surface area contributed by atoms with Crippen molar-refractivity contribution in [2.24, 2.45) is 15.9 Å². The van der Waals surface area contributed by atoms with E-state index >= 15 is 0 Å². The van der Waals surface area contributed by atoms with Crippen LogP contribution in [0.15, 0.2) is 222 Å². The van der Waals surface area contributed by atoms with Crippen LogP contribution < -0.4 is 5.22 Å². The monoisotopic (exact) mass is 822 g/mol. The molecule has 64 heavy (non-hydrogen) atoms. The second-order valence-corrected chi connectivity index (χ2v) is 16.9. The van der Waals surface area contributed by atoms with E-state index in [1.807, 2.05) is 36.5 Å². The van der Waals surface area contributed by atoms with E-state index in [9.17, 15) is 0 Å². The summed E-state index contributed by atoms with van der Waals surface area (Å²) in [6, 6.07) is 62.9. The molecule has 0 fully saturated rings. The quantitative estimate of drug-likeness (QED) is 0.146. The molecular weight excluding hydrogens is 777 g/mol. The molecule has 2 aliphatic rings. The molecule has 0 amide bonds. The van der Waals surface area contributed by atoms with Crippen molar-refractivity contribution in [3.63, 3.8) is 0 Å². The zero-order valence-electron chi connectivity index (χ0n) is 35.8. The number of para-hydroxylation sites is 2. The summed E-state index contributed by atoms with van der Waals surface area (Å²) in [5, 5.41) is 6.22. The van der Waals surface area contributed by atoms with Gasteiger partial charge in [-0.05, 0) is 96.8 Å². The minimum atomic E-state index is -0.0606. The third-order valence-corrected chi connectivity index (χ3v) is 13.1. The van der Waals surface area contributed by atoms with Crippen molar-refractivity contribution in [1.29, 1.82) is 0 Å². The van der Waals surface area contributed by atoms with Crippen LogP contribution in [0.3, 0.4) is 0 Å². The van der Waals surface area contributed by atoms with Crippen LogP contribution in [0, 0.1) is 5.92 Å². The smallest absolute Gasteiger partial charge is 0.155 e. The van der Waals surface area contributed by atoms with Gasteiger partial charge in [-0.2, -0.15) is 0 Å². The second-order valence-electron chi connectivity index (χ2n) is 16.9. The van der Waals surface area contributed by atoms with E-state index in [1.54, 1.807) is 0 Å². The Kier molecular flexibility index (Phi) is 10.3. The van der Waals surface area contributed by atoms with Crippen LogP contribution in [-0.2, 0) is 0 Å². The number of rotatable bonds is 9. The van der Waals surface area contributed by atoms with Crippen molar-refractivity contribution in [1.82, 2.24) is 9.97 Å². The SMILES string of the molecule is C=C/C=c1/ccc2ccc(-c3ccc(C4=CC(C5=NC(c6ccccc6)=NC(c6ccccc6)C5CC)=CC(c5ccc(-c6cnc7ccccc7n6)cc5)C4)cc3)c3cccc1c23. The van der Waals surface area contributed by atoms with Crippen molar-refractivity contribution in [3.05, 3.63) is 240 Å². The lowest BCUT2D eigenvalue weighted by Crippen LogP contribution is -2.29. The third-order valence-electron chi connectivity index (χ3n) is 13.1. The largest absolute Gasteiger partial charge is 0.257 e. The molecule has 306 valence electrons. The van der Waals surface area contributed by atoms with E-state index in [1.165, 1.54) is 60.2 Å². The van der Waals surface area contributed by atoms with Crippen LogP contribution in [-0.4, -0.2) is 21.5 Å². The van der Waals surface area contributed by atoms with Gasteiger partial charge in [0.2, 0.25) is 0 Å². The van der Waals surface area contributed by atoms with E-state index in [0.717, 1.165) is 57.8 Å². The van der Waals surface area contributed by atoms with Gasteiger partial charge in [0, 0.05) is 23.0 Å². The summed E-state index contributed by atoms with van der Waals surface area (Å²) in [5.41, 5.74) is 14.4. The number of benzene rings is 8. The first-order valence-corrected chi connectivity index (χ1v) is 22.3. The number of aromatic nitrogens is 2. The predicted molar refractivity (Wildman–Crippen MR) is 269 cm³/mol. The van der Waals surface area contributed by atoms with E-state index in [4.69, 9.17) is 20.0 Å². The predicted octanol–water partition coefficient (Wildman–Crippen LogP) is 14.1. The topological polar surface area (TPSA) is 50.5 Å². The lowest BCUT2D eigenvalue weighted by Gasteiger charge is -2.32. The maximum absolute atomic E-state index is 5.49. The number of fused-ring (bicyclic) bond motifs is 1. The molecule has 0 spiro atoms. The normalized spacial score (nSPS) is 17.8. The summed E-state index contributed by atoms with van der Waals surface area (Å²) >= 11 is 0. The summed E-state index contributed by atoms with van der Waals surface area (Å²) in [6.07, 6.45) is 12.5. The lowest BCUT2D eigenvalue weighted by molar-refractivity contribution is 0.532. The van der Waals surface area contributed by atoms with Crippen molar-refractivity contribution >= 4 is 55.8 Å². The Morgan fingerprint density at radius 2 is 1.33 bits per heavy atom. The van der Waals surface area contributed by atoms with Gasteiger partial charge in [-0.25, -0.2) is 9.98 Å². The first kappa shape index (κ1) is 39.1. The molecule has 11 rings (SSSR count). The molecule has 1 aliphatic heterocycles. The minimum absolute atomic E-state index is 0.0606. The molecule has 9 aromatic rings. The molecule has 0 saturated carbocycles. The molecule has 4 nitrogen and oxygen atoms in total. The molecular formula is C60H46N4. The number of nitrogens with zero attached hydrogens (tertiary/aromatic N) is 4. The van der Waals surface area contributed by atoms with Crippen LogP contribution >= 0.6 is 0 Å². The van der Waals surface area contributed by atoms with Crippen LogP contribution in [0.25, 0.3) is 66.6 Å². The Bertz CT molecular complexity index is 3400. The van der Waals surface area contributed by atoms with Gasteiger partial charge in [-0.15, -0.1) is 0 Å². The number of aliphatic imine (C=N–C) groups is 2. The fourth-order valence-electron chi connectivity index (χ4n) is 9.83. The molecule has 2 heterocycles. The Labute approximate surface area is 374 Å². The van der Waals surface area contributed by atoms with Crippen LogP contribution in [0.4, 0.5) is 0 Å². The van der Waals surface area contributed by atoms with Crippen molar-refractivity contribution in [2.45, 2.75) is 31.7 Å². The summed E-state index contributed by atoms with van der Waals surface area (Å²) in [7, 11) is 0. The highest BCUT2D eigenvalue weighted by atomic mass is 15.0. The van der Waals surface area contributed by atoms with Crippen molar-refractivity contribution in [3.8, 4) is 22.4 Å². The van der Waals surface area contributed by atoms with E-state index in [0.29, 0.717) is 0 Å². The Morgan fingerprint density at radius 1 is 0.625 bits per heavy atom. The van der Waals surface area contributed by atoms with Crippen molar-refractivity contribution in [2.75, 3.05) is 0 Å². The maximum Gasteiger partial charge on any atom is 0.155 e. The molecule has 1 aliphatic carbocycles. The Hall–Kier alpha value is -7.82. The molecule has 0 saturated heterocycles. The maximum atomic E-state index is 5.49. The summed E-state index contributed by atoms with van der Waals surface area (Å²) in [5.74, 6) is 0.992. The number of amidine groups is 1. The summed E-state index contributed by atoms with van der Waals surface area (Å²) in [6.45, 7) is 6.24. The zero-order valence-corrected chi connectivity index (χ0v) is 35.8. The molecule has 1 aromatic heterocycles. The fourth-order valence-corrected chi connectivity index (χ4v) is 9.83. The van der Waals surface area contributed by atoms with Gasteiger partial charge in [-0.1, -0.05) is 196 Å². The summed E-state index contributed by atoms with van der Waals surface area (Å²) < 4.78 is 0. The third kappa shape index (κ3) is 7.27. The van der Waals surface area contributed by atoms with Crippen LogP contribution in [0.2, 0.25) is 0 Å². The molecule has 0 bridgehead atoms. The number of hydrogen-bond donors (Lipinski definition) is 0. The highest BCUT2D eigenvalue weighted by Gasteiger charge is 2.34. The Morgan fingerprint density at radius 3 is 2.11 bits per heavy atom. The first-order chi connectivity index (χ1) is 31.6. The van der Waals surface area contributed by atoms with Gasteiger partial charge in [0.25, 0.3) is 0 Å². The van der Waals surface area contributed by atoms with Gasteiger partial charge < -0.3 is 0 Å². The minimum Gasteiger partial charge on any atom is -0.257 e. The highest BCUT2D eigenvalue weighted by Crippen LogP contribution is 2.43. The molecule has 0 N–H and O–H groups in total. The molecule has 4 heteroatoms. The average Bonchev–Trinajstić information content (AvgIpc) is 3.37. The second kappa shape index (κ2) is 16.8. The van der Waals surface area contributed by atoms with Gasteiger partial charge >= 0.3 is 0 Å². The molecule has 3 atom stereocenters. The molecule has 8 aromatic carbocycles. The van der Waals surface area contributed by atoms with E-state index in [2.05, 4.69) is 183 Å². The van der Waals surface area contributed by atoms with E-state index in [-0.39, 0.29) is 17.9 Å². The highest BCUT2D eigenvalue weighted by molar-refractivity contribution is 6.17. The average molecular weight is 823 g/mol. The van der Waals surface area contributed by atoms with Gasteiger partial charge in [0.15, 0.2) is 5.84 Å².